The number of aliphatic hydroxyl groups is 1. The van der Waals surface area contributed by atoms with Gasteiger partial charge in [0.2, 0.25) is 17.6 Å². The van der Waals surface area contributed by atoms with Crippen LogP contribution in [0, 0.1) is 28.6 Å². The molecule has 0 aromatic heterocycles. The third-order valence-electron chi connectivity index (χ3n) is 10.0. The van der Waals surface area contributed by atoms with E-state index >= 15 is 0 Å². The third-order valence-corrected chi connectivity index (χ3v) is 10.0. The van der Waals surface area contributed by atoms with Gasteiger partial charge in [-0.25, -0.2) is 4.79 Å². The molecule has 298 valence electrons. The van der Waals surface area contributed by atoms with Crippen LogP contribution in [0.1, 0.15) is 119 Å². The molecule has 0 bridgehead atoms. The predicted octanol–water partition coefficient (Wildman–Crippen LogP) is 3.99. The largest absolute Gasteiger partial charge is 0.449 e. The van der Waals surface area contributed by atoms with Crippen LogP contribution in [0.25, 0.3) is 0 Å². The van der Waals surface area contributed by atoms with Crippen molar-refractivity contribution in [2.45, 2.75) is 149 Å². The monoisotopic (exact) mass is 743 g/mol. The van der Waals surface area contributed by atoms with Crippen LogP contribution >= 0.6 is 0 Å². The summed E-state index contributed by atoms with van der Waals surface area (Å²) in [5, 5.41) is 25.0. The van der Waals surface area contributed by atoms with Gasteiger partial charge in [0.25, 0.3) is 5.91 Å². The van der Waals surface area contributed by atoms with Gasteiger partial charge in [0, 0.05) is 12.3 Å². The maximum absolute atomic E-state index is 13.9. The molecule has 3 unspecified atom stereocenters. The summed E-state index contributed by atoms with van der Waals surface area (Å²) in [6.07, 6.45) is 12.4. The zero-order valence-electron chi connectivity index (χ0n) is 32.9. The van der Waals surface area contributed by atoms with Crippen LogP contribution in [0.5, 0.6) is 0 Å². The molecule has 3 rings (SSSR count). The minimum absolute atomic E-state index is 0.0247. The number of nitrogens with one attached hydrogen (secondary N) is 5. The van der Waals surface area contributed by atoms with Crippen molar-refractivity contribution in [1.82, 2.24) is 26.6 Å². The Morgan fingerprint density at radius 3 is 2.32 bits per heavy atom. The van der Waals surface area contributed by atoms with E-state index in [0.717, 1.165) is 32.1 Å². The van der Waals surface area contributed by atoms with Crippen LogP contribution in [0.4, 0.5) is 4.79 Å². The van der Waals surface area contributed by atoms with Gasteiger partial charge in [-0.2, -0.15) is 0 Å². The van der Waals surface area contributed by atoms with E-state index < -0.39 is 66.5 Å². The molecule has 13 nitrogen and oxygen atoms in total. The Bertz CT molecular complexity index is 1350. The van der Waals surface area contributed by atoms with Crippen molar-refractivity contribution in [3.8, 4) is 0 Å². The van der Waals surface area contributed by atoms with Gasteiger partial charge in [-0.3, -0.25) is 29.3 Å². The minimum Gasteiger partial charge on any atom is -0.449 e. The molecule has 0 aromatic carbocycles. The first-order chi connectivity index (χ1) is 24.9. The molecule has 2 fully saturated rings. The second kappa shape index (κ2) is 20.2. The molecule has 53 heavy (non-hydrogen) atoms. The summed E-state index contributed by atoms with van der Waals surface area (Å²) in [5.74, 6) is -3.19. The molecule has 0 radical (unpaired) electrons. The third kappa shape index (κ3) is 15.4. The summed E-state index contributed by atoms with van der Waals surface area (Å²) in [5.41, 5.74) is -0.484. The Kier molecular flexibility index (Phi) is 16.7. The summed E-state index contributed by atoms with van der Waals surface area (Å²) in [6, 6.07) is -3.59. The number of Topliss-reactive ketones (excluding diaryl/α,β-unsaturated/α-hetero) is 2. The predicted molar refractivity (Wildman–Crippen MR) is 202 cm³/mol. The van der Waals surface area contributed by atoms with Gasteiger partial charge in [-0.15, -0.1) is 0 Å². The first-order valence-electron chi connectivity index (χ1n) is 19.5. The van der Waals surface area contributed by atoms with Crippen LogP contribution in [-0.2, 0) is 28.7 Å². The average Bonchev–Trinajstić information content (AvgIpc) is 3.84. The number of rotatable bonds is 13. The number of allylic oxidation sites excluding steroid dienone is 3. The Morgan fingerprint density at radius 1 is 1.00 bits per heavy atom. The zero-order valence-corrected chi connectivity index (χ0v) is 32.9. The number of ether oxygens (including phenoxy) is 1. The van der Waals surface area contributed by atoms with Crippen LogP contribution in [0.3, 0.4) is 0 Å². The van der Waals surface area contributed by atoms with Gasteiger partial charge in [0.05, 0.1) is 37.3 Å². The highest BCUT2D eigenvalue weighted by Gasteiger charge is 2.46. The van der Waals surface area contributed by atoms with E-state index in [1.54, 1.807) is 0 Å². The number of hydrogen-bond acceptors (Lipinski definition) is 9. The molecule has 6 atom stereocenters. The molecular weight excluding hydrogens is 678 g/mol. The lowest BCUT2D eigenvalue weighted by molar-refractivity contribution is -0.141. The standard InChI is InChI=1S/C40H65N5O8/c1-25(2)20-29-36(50)43-30(21-40(18-19-40)17-13-9-12-16-28(35(49)42-29)44-38(52)53-24-26(3)4)34(48)37(51)41-23-32(47)45-33(27-14-10-8-11-15-27)31(46)22-39(5,6)7/h8,10-11,14,25-30,33,35,42,49H,9,12-13,15-24H2,1-7H3,(H,41,51)(H,43,50)(H,44,52)(H,45,47)/t27?,28-,29-,30?,33-,35?/m0/s1. The van der Waals surface area contributed by atoms with Gasteiger partial charge in [0.15, 0.2) is 5.78 Å². The van der Waals surface area contributed by atoms with Crippen molar-refractivity contribution in [3.63, 3.8) is 0 Å². The van der Waals surface area contributed by atoms with Gasteiger partial charge in [-0.05, 0) is 67.6 Å². The highest BCUT2D eigenvalue weighted by Crippen LogP contribution is 2.53. The van der Waals surface area contributed by atoms with E-state index in [-0.39, 0.29) is 53.8 Å². The van der Waals surface area contributed by atoms with Crippen molar-refractivity contribution >= 4 is 35.4 Å². The number of carbonyl (C=O) groups is 6. The lowest BCUT2D eigenvalue weighted by atomic mass is 9.82. The zero-order chi connectivity index (χ0) is 39.3. The normalized spacial score (nSPS) is 25.5. The minimum atomic E-state index is -1.29. The molecule has 0 aromatic rings. The van der Waals surface area contributed by atoms with Gasteiger partial charge in [0.1, 0.15) is 6.23 Å². The lowest BCUT2D eigenvalue weighted by Crippen LogP contribution is -2.59. The molecule has 4 amide bonds. The first-order valence-corrected chi connectivity index (χ1v) is 19.5. The lowest BCUT2D eigenvalue weighted by Gasteiger charge is -2.31. The van der Waals surface area contributed by atoms with Crippen LogP contribution in [0.15, 0.2) is 24.3 Å². The van der Waals surface area contributed by atoms with Crippen molar-refractivity contribution < 1.29 is 38.6 Å². The number of aliphatic hydroxyl groups excluding tert-OH is 1. The average molecular weight is 744 g/mol. The topological polar surface area (TPSA) is 192 Å². The smallest absolute Gasteiger partial charge is 0.407 e. The van der Waals surface area contributed by atoms with E-state index in [4.69, 9.17) is 4.74 Å². The second-order valence-electron chi connectivity index (χ2n) is 17.4. The van der Waals surface area contributed by atoms with E-state index in [2.05, 4.69) is 26.6 Å². The number of amides is 4. The second-order valence-corrected chi connectivity index (χ2v) is 17.4. The Balaban J connectivity index is 1.74. The van der Waals surface area contributed by atoms with Gasteiger partial charge in [-0.1, -0.05) is 92.0 Å². The quantitative estimate of drug-likeness (QED) is 0.152. The fraction of sp³-hybridized carbons (Fsp3) is 0.750. The molecule has 1 spiro atoms. The molecule has 1 saturated carbocycles. The number of carbonyl (C=O) groups excluding carboxylic acids is 6. The molecule has 3 aliphatic rings. The maximum Gasteiger partial charge on any atom is 0.407 e. The molecule has 1 aliphatic heterocycles. The van der Waals surface area contributed by atoms with E-state index in [1.807, 2.05) is 72.8 Å². The Labute approximate surface area is 315 Å². The SMILES string of the molecule is CC(C)COC(=O)N[C@H]1CCCCCC2(CC2)CC(C(=O)C(=O)NCC(=O)N[C@H](C(=O)CC(C)(C)C)C2C=CC=CC2)NC(=O)[C@H](CC(C)C)NC1O. The van der Waals surface area contributed by atoms with Gasteiger partial charge >= 0.3 is 6.09 Å². The summed E-state index contributed by atoms with van der Waals surface area (Å²) >= 11 is 0. The van der Waals surface area contributed by atoms with Gasteiger partial charge < -0.3 is 31.1 Å². The number of alkyl carbamates (subject to hydrolysis) is 1. The molecule has 1 heterocycles. The molecule has 1 saturated heterocycles. The van der Waals surface area contributed by atoms with E-state index in [0.29, 0.717) is 25.7 Å². The van der Waals surface area contributed by atoms with Crippen molar-refractivity contribution in [2.24, 2.45) is 28.6 Å². The van der Waals surface area contributed by atoms with Crippen molar-refractivity contribution in [2.75, 3.05) is 13.2 Å². The van der Waals surface area contributed by atoms with Crippen LogP contribution in [-0.4, -0.2) is 84.0 Å². The fourth-order valence-electron chi connectivity index (χ4n) is 7.01. The maximum atomic E-state index is 13.9. The van der Waals surface area contributed by atoms with Crippen LogP contribution in [0.2, 0.25) is 0 Å². The Morgan fingerprint density at radius 2 is 1.72 bits per heavy atom. The highest BCUT2D eigenvalue weighted by molar-refractivity contribution is 6.38. The molecular formula is C40H65N5O8. The van der Waals surface area contributed by atoms with E-state index in [1.165, 1.54) is 0 Å². The molecule has 13 heteroatoms. The summed E-state index contributed by atoms with van der Waals surface area (Å²) in [4.78, 5) is 79.9. The first kappa shape index (κ1) is 43.8. The van der Waals surface area contributed by atoms with Crippen LogP contribution < -0.4 is 26.6 Å². The summed E-state index contributed by atoms with van der Waals surface area (Å²) in [7, 11) is 0. The number of ketones is 2. The van der Waals surface area contributed by atoms with Crippen molar-refractivity contribution in [3.05, 3.63) is 24.3 Å². The van der Waals surface area contributed by atoms with E-state index in [9.17, 15) is 33.9 Å². The summed E-state index contributed by atoms with van der Waals surface area (Å²) < 4.78 is 5.29. The highest BCUT2D eigenvalue weighted by atomic mass is 16.5. The Hall–Kier alpha value is -3.58. The van der Waals surface area contributed by atoms with Crippen molar-refractivity contribution in [1.29, 1.82) is 0 Å². The molecule has 6 N–H and O–H groups in total. The fourth-order valence-corrected chi connectivity index (χ4v) is 7.01. The number of hydrogen-bond donors (Lipinski definition) is 6. The summed E-state index contributed by atoms with van der Waals surface area (Å²) in [6.45, 7) is 13.3. The molecule has 2 aliphatic carbocycles.